The van der Waals surface area contributed by atoms with Crippen LogP contribution in [-0.4, -0.2) is 24.0 Å². The second kappa shape index (κ2) is 6.12. The zero-order valence-corrected chi connectivity index (χ0v) is 12.6. The molecule has 0 spiro atoms. The largest absolute Gasteiger partial charge is 0.416 e. The van der Waals surface area contributed by atoms with E-state index in [9.17, 15) is 18.0 Å². The summed E-state index contributed by atoms with van der Waals surface area (Å²) < 4.78 is 49.5. The van der Waals surface area contributed by atoms with Crippen LogP contribution < -0.4 is 4.90 Å². The highest BCUT2D eigenvalue weighted by molar-refractivity contribution is 5.97. The Bertz CT molecular complexity index is 764. The van der Waals surface area contributed by atoms with Crippen molar-refractivity contribution in [1.82, 2.24) is 4.98 Å². The predicted molar refractivity (Wildman–Crippen MR) is 78.6 cm³/mol. The van der Waals surface area contributed by atoms with E-state index < -0.39 is 24.1 Å². The zero-order valence-electron chi connectivity index (χ0n) is 12.6. The lowest BCUT2D eigenvalue weighted by Crippen LogP contribution is -2.43. The van der Waals surface area contributed by atoms with E-state index in [0.29, 0.717) is 0 Å². The van der Waals surface area contributed by atoms with E-state index in [1.54, 1.807) is 13.0 Å². The molecule has 1 aliphatic heterocycles. The van der Waals surface area contributed by atoms with E-state index in [4.69, 9.17) is 9.47 Å². The van der Waals surface area contributed by atoms with Gasteiger partial charge in [-0.05, 0) is 37.3 Å². The summed E-state index contributed by atoms with van der Waals surface area (Å²) in [5, 5.41) is 0. The molecule has 0 aliphatic carbocycles. The molecule has 8 heteroatoms. The number of hydrogen-bond donors (Lipinski definition) is 0. The van der Waals surface area contributed by atoms with Crippen molar-refractivity contribution in [3.8, 4) is 0 Å². The molecule has 0 saturated carbocycles. The van der Waals surface area contributed by atoms with Gasteiger partial charge in [0.1, 0.15) is 5.56 Å². The average molecular weight is 338 g/mol. The number of alkyl halides is 3. The number of esters is 1. The molecule has 1 aliphatic rings. The fourth-order valence-corrected chi connectivity index (χ4v) is 2.38. The summed E-state index contributed by atoms with van der Waals surface area (Å²) in [4.78, 5) is 17.5. The molecule has 24 heavy (non-hydrogen) atoms. The van der Waals surface area contributed by atoms with Gasteiger partial charge in [-0.3, -0.25) is 4.90 Å². The van der Waals surface area contributed by atoms with Gasteiger partial charge in [0.25, 0.3) is 6.41 Å². The van der Waals surface area contributed by atoms with Crippen LogP contribution >= 0.6 is 0 Å². The van der Waals surface area contributed by atoms with Crippen molar-refractivity contribution >= 4 is 17.5 Å². The van der Waals surface area contributed by atoms with Gasteiger partial charge in [-0.1, -0.05) is 6.07 Å². The second-order valence-electron chi connectivity index (χ2n) is 4.96. The van der Waals surface area contributed by atoms with Crippen molar-refractivity contribution < 1.29 is 27.4 Å². The average Bonchev–Trinajstić information content (AvgIpc) is 2.55. The summed E-state index contributed by atoms with van der Waals surface area (Å²) >= 11 is 0. The molecule has 0 amide bonds. The predicted octanol–water partition coefficient (Wildman–Crippen LogP) is 3.73. The smallest absolute Gasteiger partial charge is 0.412 e. The Hall–Kier alpha value is -2.61. The van der Waals surface area contributed by atoms with E-state index in [2.05, 4.69) is 4.98 Å². The normalized spacial score (nSPS) is 17.4. The first-order valence-corrected chi connectivity index (χ1v) is 7.16. The zero-order chi connectivity index (χ0) is 17.3. The molecule has 1 aromatic heterocycles. The summed E-state index contributed by atoms with van der Waals surface area (Å²) in [7, 11) is 0. The molecule has 126 valence electrons. The van der Waals surface area contributed by atoms with E-state index in [0.717, 1.165) is 12.1 Å². The number of pyridine rings is 1. The molecule has 1 atom stereocenters. The highest BCUT2D eigenvalue weighted by atomic mass is 19.4. The first kappa shape index (κ1) is 16.3. The maximum atomic E-state index is 13.0. The quantitative estimate of drug-likeness (QED) is 0.798. The third-order valence-electron chi connectivity index (χ3n) is 3.41. The number of halogens is 3. The molecule has 1 aromatic carbocycles. The molecule has 2 heterocycles. The maximum absolute atomic E-state index is 13.0. The molecule has 0 radical (unpaired) electrons. The Labute approximate surface area is 135 Å². The first-order chi connectivity index (χ1) is 11.4. The highest BCUT2D eigenvalue weighted by Gasteiger charge is 2.37. The number of rotatable bonds is 3. The number of carbonyl (C=O) groups is 1. The third-order valence-corrected chi connectivity index (χ3v) is 3.41. The molecular weight excluding hydrogens is 325 g/mol. The molecule has 2 aromatic rings. The fraction of sp³-hybridized carbons (Fsp3) is 0.250. The van der Waals surface area contributed by atoms with Gasteiger partial charge >= 0.3 is 12.1 Å². The molecule has 0 N–H and O–H groups in total. The molecule has 3 rings (SSSR count). The third kappa shape index (κ3) is 2.92. The van der Waals surface area contributed by atoms with Gasteiger partial charge in [-0.25, -0.2) is 9.78 Å². The number of benzene rings is 1. The van der Waals surface area contributed by atoms with Gasteiger partial charge in [0.05, 0.1) is 5.56 Å². The Kier molecular flexibility index (Phi) is 4.15. The van der Waals surface area contributed by atoms with Gasteiger partial charge in [0.2, 0.25) is 0 Å². The van der Waals surface area contributed by atoms with Crippen molar-refractivity contribution in [2.75, 3.05) is 11.5 Å². The Balaban J connectivity index is 2.12. The minimum absolute atomic E-state index is 0.158. The van der Waals surface area contributed by atoms with E-state index in [1.807, 2.05) is 0 Å². The van der Waals surface area contributed by atoms with Gasteiger partial charge in [0.15, 0.2) is 5.82 Å². The molecule has 0 bridgehead atoms. The first-order valence-electron chi connectivity index (χ1n) is 7.16. The van der Waals surface area contributed by atoms with Crippen LogP contribution in [-0.2, 0) is 15.7 Å². The summed E-state index contributed by atoms with van der Waals surface area (Å²) in [6.45, 7) is 1.89. The number of nitrogens with zero attached hydrogens (tertiary/aromatic N) is 2. The van der Waals surface area contributed by atoms with Gasteiger partial charge < -0.3 is 9.47 Å². The van der Waals surface area contributed by atoms with Crippen molar-refractivity contribution in [2.24, 2.45) is 0 Å². The van der Waals surface area contributed by atoms with Crippen molar-refractivity contribution in [3.63, 3.8) is 0 Å². The van der Waals surface area contributed by atoms with E-state index in [1.165, 1.54) is 29.3 Å². The topological polar surface area (TPSA) is 51.7 Å². The van der Waals surface area contributed by atoms with Crippen LogP contribution in [0.4, 0.5) is 24.7 Å². The number of ether oxygens (including phenoxy) is 2. The maximum Gasteiger partial charge on any atom is 0.416 e. The SMILES string of the molecule is CCOC1OC(=O)c2cccnc2N1c1cccc(C(F)(F)F)c1. The Morgan fingerprint density at radius 1 is 1.29 bits per heavy atom. The van der Waals surface area contributed by atoms with Crippen LogP contribution in [0.5, 0.6) is 0 Å². The van der Waals surface area contributed by atoms with Crippen LogP contribution in [0.1, 0.15) is 22.8 Å². The minimum atomic E-state index is -4.49. The fourth-order valence-electron chi connectivity index (χ4n) is 2.38. The van der Waals surface area contributed by atoms with E-state index >= 15 is 0 Å². The summed E-state index contributed by atoms with van der Waals surface area (Å²) in [6.07, 6.45) is -4.23. The minimum Gasteiger partial charge on any atom is -0.412 e. The van der Waals surface area contributed by atoms with Crippen LogP contribution in [0.2, 0.25) is 0 Å². The van der Waals surface area contributed by atoms with Gasteiger partial charge in [-0.15, -0.1) is 0 Å². The Morgan fingerprint density at radius 3 is 2.79 bits per heavy atom. The number of fused-ring (bicyclic) bond motifs is 1. The molecule has 1 unspecified atom stereocenters. The lowest BCUT2D eigenvalue weighted by atomic mass is 10.1. The summed E-state index contributed by atoms with van der Waals surface area (Å²) in [5.74, 6) is -0.452. The van der Waals surface area contributed by atoms with Crippen LogP contribution in [0.15, 0.2) is 42.6 Å². The van der Waals surface area contributed by atoms with Crippen LogP contribution in [0.25, 0.3) is 0 Å². The number of cyclic esters (lactones) is 1. The molecule has 5 nitrogen and oxygen atoms in total. The molecule has 0 saturated heterocycles. The number of aromatic nitrogens is 1. The summed E-state index contributed by atoms with van der Waals surface area (Å²) in [5.41, 5.74) is -0.494. The Morgan fingerprint density at radius 2 is 2.08 bits per heavy atom. The van der Waals surface area contributed by atoms with Crippen molar-refractivity contribution in [2.45, 2.75) is 19.5 Å². The van der Waals surface area contributed by atoms with Crippen molar-refractivity contribution in [3.05, 3.63) is 53.7 Å². The van der Waals surface area contributed by atoms with E-state index in [-0.39, 0.29) is 23.7 Å². The molecule has 0 fully saturated rings. The standard InChI is InChI=1S/C16H13F3N2O3/c1-2-23-15-21(11-6-3-5-10(9-11)16(17,18)19)13-12(14(22)24-15)7-4-8-20-13/h3-9,15H,2H2,1H3. The number of anilines is 2. The highest BCUT2D eigenvalue weighted by Crippen LogP contribution is 2.37. The number of carbonyl (C=O) groups excluding carboxylic acids is 1. The molecular formula is C16H13F3N2O3. The van der Waals surface area contributed by atoms with Gasteiger partial charge in [0, 0.05) is 18.5 Å². The number of hydrogen-bond acceptors (Lipinski definition) is 5. The summed E-state index contributed by atoms with van der Waals surface area (Å²) in [6, 6.07) is 7.72. The van der Waals surface area contributed by atoms with Crippen LogP contribution in [0.3, 0.4) is 0 Å². The lowest BCUT2D eigenvalue weighted by Gasteiger charge is -2.35. The monoisotopic (exact) mass is 338 g/mol. The lowest BCUT2D eigenvalue weighted by molar-refractivity contribution is -0.137. The van der Waals surface area contributed by atoms with Crippen LogP contribution in [0, 0.1) is 0 Å². The second-order valence-corrected chi connectivity index (χ2v) is 4.96. The van der Waals surface area contributed by atoms with Crippen molar-refractivity contribution in [1.29, 1.82) is 0 Å². The van der Waals surface area contributed by atoms with Gasteiger partial charge in [-0.2, -0.15) is 13.2 Å².